The van der Waals surface area contributed by atoms with Gasteiger partial charge in [-0.05, 0) is 11.8 Å². The van der Waals surface area contributed by atoms with E-state index in [0.717, 1.165) is 13.1 Å². The molecular formula is C8H12N2. The Morgan fingerprint density at radius 1 is 0.900 bits per heavy atom. The third kappa shape index (κ3) is 1.00. The largest absolute Gasteiger partial charge is 0.257 e. The quantitative estimate of drug-likeness (QED) is 0.505. The predicted octanol–water partition coefficient (Wildman–Crippen LogP) is 0.453. The highest BCUT2D eigenvalue weighted by atomic mass is 15.4. The lowest BCUT2D eigenvalue weighted by Gasteiger charge is -2.29. The summed E-state index contributed by atoms with van der Waals surface area (Å²) in [5.41, 5.74) is 6.30. The van der Waals surface area contributed by atoms with Crippen LogP contribution in [0.5, 0.6) is 0 Å². The lowest BCUT2D eigenvalue weighted by molar-refractivity contribution is 0.314. The third-order valence-corrected chi connectivity index (χ3v) is 2.18. The van der Waals surface area contributed by atoms with E-state index in [1.165, 1.54) is 0 Å². The molecule has 2 aliphatic rings. The molecule has 0 aromatic rings. The maximum Gasteiger partial charge on any atom is 0.0169 e. The molecule has 0 aromatic carbocycles. The molecule has 2 nitrogen and oxygen atoms in total. The molecule has 0 bridgehead atoms. The van der Waals surface area contributed by atoms with Gasteiger partial charge in [0.25, 0.3) is 0 Å². The molecule has 1 aliphatic heterocycles. The van der Waals surface area contributed by atoms with Gasteiger partial charge in [0.2, 0.25) is 0 Å². The summed E-state index contributed by atoms with van der Waals surface area (Å²) < 4.78 is 0. The van der Waals surface area contributed by atoms with Gasteiger partial charge in [-0.3, -0.25) is 10.9 Å². The molecule has 2 unspecified atom stereocenters. The Labute approximate surface area is 61.0 Å². The minimum absolute atomic E-state index is 0.714. The minimum atomic E-state index is 0.714. The maximum atomic E-state index is 3.15. The summed E-state index contributed by atoms with van der Waals surface area (Å²) in [6.07, 6.45) is 8.82. The first-order valence-corrected chi connectivity index (χ1v) is 3.77. The second-order valence-electron chi connectivity index (χ2n) is 2.86. The Bertz CT molecular complexity index is 152. The van der Waals surface area contributed by atoms with Crippen molar-refractivity contribution in [2.24, 2.45) is 11.8 Å². The standard InChI is InChI=1S/C8H12N2/c1-2-4-8-6-10-9-5-7(8)3-1/h1-4,7-10H,5-6H2. The van der Waals surface area contributed by atoms with Gasteiger partial charge in [-0.15, -0.1) is 0 Å². The first-order valence-electron chi connectivity index (χ1n) is 3.77. The number of hydrogen-bond acceptors (Lipinski definition) is 2. The highest BCUT2D eigenvalue weighted by molar-refractivity contribution is 5.15. The molecule has 0 spiro atoms. The van der Waals surface area contributed by atoms with Crippen LogP contribution < -0.4 is 10.9 Å². The summed E-state index contributed by atoms with van der Waals surface area (Å²) in [6.45, 7) is 2.12. The molecular weight excluding hydrogens is 124 g/mol. The van der Waals surface area contributed by atoms with E-state index < -0.39 is 0 Å². The number of fused-ring (bicyclic) bond motifs is 1. The summed E-state index contributed by atoms with van der Waals surface area (Å²) in [7, 11) is 0. The fourth-order valence-electron chi connectivity index (χ4n) is 1.52. The molecule has 2 atom stereocenters. The lowest BCUT2D eigenvalue weighted by Crippen LogP contribution is -2.47. The summed E-state index contributed by atoms with van der Waals surface area (Å²) >= 11 is 0. The van der Waals surface area contributed by atoms with E-state index in [1.807, 2.05) is 0 Å². The number of allylic oxidation sites excluding steroid dienone is 2. The second kappa shape index (κ2) is 2.56. The normalized spacial score (nSPS) is 37.6. The average molecular weight is 136 g/mol. The number of hydrogen-bond donors (Lipinski definition) is 2. The minimum Gasteiger partial charge on any atom is -0.257 e. The second-order valence-corrected chi connectivity index (χ2v) is 2.86. The Morgan fingerprint density at radius 2 is 1.40 bits per heavy atom. The Morgan fingerprint density at radius 3 is 1.90 bits per heavy atom. The Balaban J connectivity index is 2.09. The van der Waals surface area contributed by atoms with E-state index in [2.05, 4.69) is 35.2 Å². The molecule has 2 heteroatoms. The first kappa shape index (κ1) is 6.13. The zero-order valence-corrected chi connectivity index (χ0v) is 5.88. The van der Waals surface area contributed by atoms with Gasteiger partial charge in [-0.1, -0.05) is 24.3 Å². The van der Waals surface area contributed by atoms with Crippen molar-refractivity contribution >= 4 is 0 Å². The van der Waals surface area contributed by atoms with Gasteiger partial charge in [-0.25, -0.2) is 0 Å². The SMILES string of the molecule is C1=CC2CNNCC2C=C1. The van der Waals surface area contributed by atoms with Crippen LogP contribution in [0.3, 0.4) is 0 Å². The van der Waals surface area contributed by atoms with E-state index in [-0.39, 0.29) is 0 Å². The molecule has 2 rings (SSSR count). The van der Waals surface area contributed by atoms with Crippen LogP contribution in [0.2, 0.25) is 0 Å². The lowest BCUT2D eigenvalue weighted by atomic mass is 9.87. The van der Waals surface area contributed by atoms with Crippen LogP contribution in [0.1, 0.15) is 0 Å². The van der Waals surface area contributed by atoms with Gasteiger partial charge in [0.05, 0.1) is 0 Å². The topological polar surface area (TPSA) is 24.1 Å². The van der Waals surface area contributed by atoms with Crippen molar-refractivity contribution in [1.29, 1.82) is 0 Å². The third-order valence-electron chi connectivity index (χ3n) is 2.18. The Kier molecular flexibility index (Phi) is 1.57. The van der Waals surface area contributed by atoms with Gasteiger partial charge in [0.1, 0.15) is 0 Å². The van der Waals surface area contributed by atoms with E-state index in [1.54, 1.807) is 0 Å². The van der Waals surface area contributed by atoms with Crippen LogP contribution in [-0.4, -0.2) is 13.1 Å². The molecule has 1 fully saturated rings. The molecule has 0 radical (unpaired) electrons. The van der Waals surface area contributed by atoms with Crippen molar-refractivity contribution in [2.45, 2.75) is 0 Å². The van der Waals surface area contributed by atoms with E-state index in [4.69, 9.17) is 0 Å². The molecule has 1 aliphatic carbocycles. The van der Waals surface area contributed by atoms with E-state index in [9.17, 15) is 0 Å². The zero-order chi connectivity index (χ0) is 6.81. The van der Waals surface area contributed by atoms with Crippen molar-refractivity contribution in [3.8, 4) is 0 Å². The van der Waals surface area contributed by atoms with Crippen molar-refractivity contribution in [1.82, 2.24) is 10.9 Å². The van der Waals surface area contributed by atoms with Crippen LogP contribution in [0.25, 0.3) is 0 Å². The number of rotatable bonds is 0. The van der Waals surface area contributed by atoms with Crippen LogP contribution in [0, 0.1) is 11.8 Å². The molecule has 1 heterocycles. The van der Waals surface area contributed by atoms with E-state index in [0.29, 0.717) is 11.8 Å². The molecule has 0 aromatic heterocycles. The summed E-state index contributed by atoms with van der Waals surface area (Å²) in [5.74, 6) is 1.43. The molecule has 1 saturated heterocycles. The number of nitrogens with one attached hydrogen (secondary N) is 2. The van der Waals surface area contributed by atoms with Gasteiger partial charge in [0.15, 0.2) is 0 Å². The van der Waals surface area contributed by atoms with Crippen molar-refractivity contribution in [3.05, 3.63) is 24.3 Å². The van der Waals surface area contributed by atoms with Gasteiger partial charge < -0.3 is 0 Å². The Hall–Kier alpha value is -0.600. The van der Waals surface area contributed by atoms with Crippen LogP contribution >= 0.6 is 0 Å². The van der Waals surface area contributed by atoms with Gasteiger partial charge >= 0.3 is 0 Å². The first-order chi connectivity index (χ1) is 4.97. The molecule has 0 amide bonds. The summed E-state index contributed by atoms with van der Waals surface area (Å²) in [5, 5.41) is 0. The average Bonchev–Trinajstić information content (AvgIpc) is 2.05. The highest BCUT2D eigenvalue weighted by Gasteiger charge is 2.20. The number of hydrazine groups is 1. The fraction of sp³-hybridized carbons (Fsp3) is 0.500. The maximum absolute atomic E-state index is 3.15. The van der Waals surface area contributed by atoms with Crippen LogP contribution in [-0.2, 0) is 0 Å². The summed E-state index contributed by atoms with van der Waals surface area (Å²) in [6, 6.07) is 0. The van der Waals surface area contributed by atoms with Crippen molar-refractivity contribution in [3.63, 3.8) is 0 Å². The molecule has 2 N–H and O–H groups in total. The molecule has 0 saturated carbocycles. The zero-order valence-electron chi connectivity index (χ0n) is 5.88. The van der Waals surface area contributed by atoms with E-state index >= 15 is 0 Å². The highest BCUT2D eigenvalue weighted by Crippen LogP contribution is 2.19. The van der Waals surface area contributed by atoms with Crippen molar-refractivity contribution < 1.29 is 0 Å². The fourth-order valence-corrected chi connectivity index (χ4v) is 1.52. The smallest absolute Gasteiger partial charge is 0.0169 e. The summed E-state index contributed by atoms with van der Waals surface area (Å²) in [4.78, 5) is 0. The van der Waals surface area contributed by atoms with Crippen LogP contribution in [0.15, 0.2) is 24.3 Å². The predicted molar refractivity (Wildman–Crippen MR) is 41.3 cm³/mol. The molecule has 10 heavy (non-hydrogen) atoms. The van der Waals surface area contributed by atoms with Crippen LogP contribution in [0.4, 0.5) is 0 Å². The van der Waals surface area contributed by atoms with Gasteiger partial charge in [-0.2, -0.15) is 0 Å². The van der Waals surface area contributed by atoms with Gasteiger partial charge in [0, 0.05) is 13.1 Å². The van der Waals surface area contributed by atoms with Crippen molar-refractivity contribution in [2.75, 3.05) is 13.1 Å². The molecule has 54 valence electrons. The monoisotopic (exact) mass is 136 g/mol.